The van der Waals surface area contributed by atoms with Crippen LogP contribution >= 0.6 is 0 Å². The van der Waals surface area contributed by atoms with Gasteiger partial charge < -0.3 is 14.5 Å². The Morgan fingerprint density at radius 2 is 1.84 bits per heavy atom. The predicted molar refractivity (Wildman–Crippen MR) is 104 cm³/mol. The third kappa shape index (κ3) is 3.67. The summed E-state index contributed by atoms with van der Waals surface area (Å²) in [7, 11) is 1.74. The molecule has 0 atom stereocenters. The molecule has 0 radical (unpaired) electrons. The highest BCUT2D eigenvalue weighted by Gasteiger charge is 2.28. The molecule has 2 aromatic carbocycles. The fraction of sp³-hybridized carbons (Fsp3) is 0.455. The molecular weight excluding hydrogens is 308 g/mol. The van der Waals surface area contributed by atoms with Gasteiger partial charge in [0.25, 0.3) is 0 Å². The summed E-state index contributed by atoms with van der Waals surface area (Å²) in [5.41, 5.74) is 4.38. The van der Waals surface area contributed by atoms with Crippen LogP contribution in [0.2, 0.25) is 0 Å². The number of methoxy groups -OCH3 is 1. The highest BCUT2D eigenvalue weighted by atomic mass is 16.5. The first-order valence-corrected chi connectivity index (χ1v) is 9.53. The number of piperidine rings is 1. The van der Waals surface area contributed by atoms with Crippen molar-refractivity contribution < 1.29 is 4.74 Å². The molecule has 0 amide bonds. The maximum Gasteiger partial charge on any atom is 0.119 e. The average molecular weight is 336 g/mol. The molecule has 0 aliphatic carbocycles. The molecule has 2 aliphatic heterocycles. The van der Waals surface area contributed by atoms with E-state index in [-0.39, 0.29) is 0 Å². The molecule has 25 heavy (non-hydrogen) atoms. The number of para-hydroxylation sites is 1. The second kappa shape index (κ2) is 7.49. The van der Waals surface area contributed by atoms with E-state index in [0.29, 0.717) is 0 Å². The lowest BCUT2D eigenvalue weighted by molar-refractivity contribution is 0.212. The number of rotatable bonds is 5. The Morgan fingerprint density at radius 3 is 2.68 bits per heavy atom. The molecular formula is C22H28N2O. The topological polar surface area (TPSA) is 15.7 Å². The van der Waals surface area contributed by atoms with Crippen molar-refractivity contribution in [3.63, 3.8) is 0 Å². The lowest BCUT2D eigenvalue weighted by Gasteiger charge is -2.38. The molecule has 3 nitrogen and oxygen atoms in total. The van der Waals surface area contributed by atoms with Crippen LogP contribution in [-0.4, -0.2) is 44.2 Å². The van der Waals surface area contributed by atoms with Crippen LogP contribution in [0, 0.1) is 0 Å². The minimum absolute atomic E-state index is 0.719. The number of hydrogen-bond donors (Lipinski definition) is 0. The quantitative estimate of drug-likeness (QED) is 0.827. The summed E-state index contributed by atoms with van der Waals surface area (Å²) in [5, 5.41) is 0. The van der Waals surface area contributed by atoms with Gasteiger partial charge in [0, 0.05) is 37.9 Å². The van der Waals surface area contributed by atoms with Crippen molar-refractivity contribution in [2.24, 2.45) is 0 Å². The van der Waals surface area contributed by atoms with E-state index in [0.717, 1.165) is 24.8 Å². The van der Waals surface area contributed by atoms with Crippen molar-refractivity contribution in [2.45, 2.75) is 31.7 Å². The monoisotopic (exact) mass is 336 g/mol. The molecule has 0 bridgehead atoms. The van der Waals surface area contributed by atoms with Gasteiger partial charge >= 0.3 is 0 Å². The predicted octanol–water partition coefficient (Wildman–Crippen LogP) is 3.76. The highest BCUT2D eigenvalue weighted by molar-refractivity contribution is 5.58. The van der Waals surface area contributed by atoms with Gasteiger partial charge in [0.05, 0.1) is 7.11 Å². The van der Waals surface area contributed by atoms with E-state index in [9.17, 15) is 0 Å². The van der Waals surface area contributed by atoms with E-state index < -0.39 is 0 Å². The Hall–Kier alpha value is -2.00. The molecule has 2 heterocycles. The molecule has 4 rings (SSSR count). The maximum atomic E-state index is 5.33. The number of hydrogen-bond acceptors (Lipinski definition) is 3. The summed E-state index contributed by atoms with van der Waals surface area (Å²) in [6.07, 6.45) is 4.89. The number of anilines is 1. The van der Waals surface area contributed by atoms with Gasteiger partial charge in [-0.05, 0) is 55.0 Å². The Labute approximate surface area is 151 Å². The first-order valence-electron chi connectivity index (χ1n) is 9.53. The minimum atomic E-state index is 0.719. The van der Waals surface area contributed by atoms with Crippen molar-refractivity contribution in [2.75, 3.05) is 38.2 Å². The van der Waals surface area contributed by atoms with Crippen molar-refractivity contribution >= 4 is 5.69 Å². The van der Waals surface area contributed by atoms with Gasteiger partial charge in [0.1, 0.15) is 5.75 Å². The normalized spacial score (nSPS) is 18.4. The van der Waals surface area contributed by atoms with Gasteiger partial charge in [-0.1, -0.05) is 30.3 Å². The zero-order valence-electron chi connectivity index (χ0n) is 15.2. The van der Waals surface area contributed by atoms with Crippen LogP contribution in [0.1, 0.15) is 24.0 Å². The Morgan fingerprint density at radius 1 is 1.00 bits per heavy atom. The molecule has 0 N–H and O–H groups in total. The molecule has 3 heteroatoms. The van der Waals surface area contributed by atoms with Gasteiger partial charge in [-0.3, -0.25) is 0 Å². The zero-order valence-corrected chi connectivity index (χ0v) is 15.2. The maximum absolute atomic E-state index is 5.33. The highest BCUT2D eigenvalue weighted by Crippen LogP contribution is 2.32. The Balaban J connectivity index is 1.29. The standard InChI is InChI=1S/C22H28N2O/c1-25-21-7-4-5-18(17-21)9-13-23-14-11-20(12-15-23)24-16-10-19-6-2-3-8-22(19)24/h2-8,17,20H,9-16H2,1H3. The first-order chi connectivity index (χ1) is 12.3. The molecule has 0 saturated carbocycles. The summed E-state index contributed by atoms with van der Waals surface area (Å²) in [5.74, 6) is 0.962. The van der Waals surface area contributed by atoms with Crippen molar-refractivity contribution in [3.05, 3.63) is 59.7 Å². The van der Waals surface area contributed by atoms with Crippen molar-refractivity contribution in [1.82, 2.24) is 4.90 Å². The number of likely N-dealkylation sites (tertiary alicyclic amines) is 1. The fourth-order valence-electron chi connectivity index (χ4n) is 4.31. The molecule has 0 aromatic heterocycles. The van der Waals surface area contributed by atoms with E-state index in [4.69, 9.17) is 4.74 Å². The van der Waals surface area contributed by atoms with Gasteiger partial charge in [0.2, 0.25) is 0 Å². The number of fused-ring (bicyclic) bond motifs is 1. The third-order valence-electron chi connectivity index (χ3n) is 5.77. The Bertz CT molecular complexity index is 707. The SMILES string of the molecule is COc1cccc(CCN2CCC(N3CCc4ccccc43)CC2)c1. The van der Waals surface area contributed by atoms with Crippen LogP contribution in [0.15, 0.2) is 48.5 Å². The molecule has 2 aliphatic rings. The summed E-state index contributed by atoms with van der Waals surface area (Å²) in [4.78, 5) is 5.28. The second-order valence-corrected chi connectivity index (χ2v) is 7.25. The van der Waals surface area contributed by atoms with Gasteiger partial charge in [0.15, 0.2) is 0 Å². The van der Waals surface area contributed by atoms with Crippen LogP contribution in [0.25, 0.3) is 0 Å². The van der Waals surface area contributed by atoms with Gasteiger partial charge in [-0.2, -0.15) is 0 Å². The van der Waals surface area contributed by atoms with Crippen LogP contribution in [-0.2, 0) is 12.8 Å². The second-order valence-electron chi connectivity index (χ2n) is 7.25. The molecule has 1 saturated heterocycles. The van der Waals surface area contributed by atoms with Crippen molar-refractivity contribution in [1.29, 1.82) is 0 Å². The third-order valence-corrected chi connectivity index (χ3v) is 5.77. The van der Waals surface area contributed by atoms with E-state index >= 15 is 0 Å². The van der Waals surface area contributed by atoms with Crippen LogP contribution in [0.5, 0.6) is 5.75 Å². The largest absolute Gasteiger partial charge is 0.497 e. The molecule has 2 aromatic rings. The number of ether oxygens (including phenoxy) is 1. The van der Waals surface area contributed by atoms with E-state index in [1.165, 1.54) is 55.7 Å². The molecule has 132 valence electrons. The van der Waals surface area contributed by atoms with Gasteiger partial charge in [-0.15, -0.1) is 0 Å². The summed E-state index contributed by atoms with van der Waals surface area (Å²) in [6, 6.07) is 18.1. The van der Waals surface area contributed by atoms with Crippen LogP contribution in [0.4, 0.5) is 5.69 Å². The van der Waals surface area contributed by atoms with E-state index in [1.807, 2.05) is 6.07 Å². The summed E-state index contributed by atoms with van der Waals surface area (Å²) < 4.78 is 5.33. The summed E-state index contributed by atoms with van der Waals surface area (Å²) >= 11 is 0. The first kappa shape index (κ1) is 16.5. The molecule has 0 unspecified atom stereocenters. The zero-order chi connectivity index (χ0) is 17.1. The smallest absolute Gasteiger partial charge is 0.119 e. The van der Waals surface area contributed by atoms with Crippen LogP contribution < -0.4 is 9.64 Å². The number of benzene rings is 2. The average Bonchev–Trinajstić information content (AvgIpc) is 3.11. The fourth-order valence-corrected chi connectivity index (χ4v) is 4.31. The molecule has 0 spiro atoms. The van der Waals surface area contributed by atoms with Crippen molar-refractivity contribution in [3.8, 4) is 5.75 Å². The number of nitrogens with zero attached hydrogens (tertiary/aromatic N) is 2. The lowest BCUT2D eigenvalue weighted by atomic mass is 10.0. The van der Waals surface area contributed by atoms with E-state index in [2.05, 4.69) is 52.3 Å². The lowest BCUT2D eigenvalue weighted by Crippen LogP contribution is -2.44. The minimum Gasteiger partial charge on any atom is -0.497 e. The summed E-state index contributed by atoms with van der Waals surface area (Å²) in [6.45, 7) is 4.78. The Kier molecular flexibility index (Phi) is 4.93. The van der Waals surface area contributed by atoms with E-state index in [1.54, 1.807) is 7.11 Å². The molecule has 1 fully saturated rings. The van der Waals surface area contributed by atoms with Crippen LogP contribution in [0.3, 0.4) is 0 Å². The van der Waals surface area contributed by atoms with Gasteiger partial charge in [-0.25, -0.2) is 0 Å².